The van der Waals surface area contributed by atoms with E-state index in [1.165, 1.54) is 17.5 Å². The first-order valence-corrected chi connectivity index (χ1v) is 12.2. The molecule has 1 saturated carbocycles. The Labute approximate surface area is 194 Å². The van der Waals surface area contributed by atoms with Gasteiger partial charge in [0.05, 0.1) is 0 Å². The van der Waals surface area contributed by atoms with Crippen LogP contribution in [0, 0.1) is 0 Å². The van der Waals surface area contributed by atoms with Gasteiger partial charge in [-0.25, -0.2) is 0 Å². The van der Waals surface area contributed by atoms with Crippen LogP contribution in [0.4, 0.5) is 0 Å². The number of piperidine rings is 1. The van der Waals surface area contributed by atoms with Gasteiger partial charge in [0, 0.05) is 31.1 Å². The molecule has 1 saturated heterocycles. The predicted molar refractivity (Wildman–Crippen MR) is 124 cm³/mol. The Morgan fingerprint density at radius 1 is 1.03 bits per heavy atom. The number of amides is 2. The first-order valence-electron chi connectivity index (χ1n) is 12.2. The van der Waals surface area contributed by atoms with Crippen LogP contribution in [0.3, 0.4) is 0 Å². The summed E-state index contributed by atoms with van der Waals surface area (Å²) in [7, 11) is 0. The molecule has 0 bridgehead atoms. The van der Waals surface area contributed by atoms with E-state index in [1.807, 2.05) is 17.0 Å². The molecular formula is C27H30N2O4. The van der Waals surface area contributed by atoms with Gasteiger partial charge in [-0.05, 0) is 79.2 Å². The second-order valence-electron chi connectivity index (χ2n) is 10.0. The Morgan fingerprint density at radius 3 is 2.61 bits per heavy atom. The molecule has 2 aliphatic heterocycles. The van der Waals surface area contributed by atoms with E-state index < -0.39 is 0 Å². The Bertz CT molecular complexity index is 1090. The molecule has 1 spiro atoms. The third-order valence-corrected chi connectivity index (χ3v) is 8.14. The van der Waals surface area contributed by atoms with E-state index >= 15 is 0 Å². The quantitative estimate of drug-likeness (QED) is 0.767. The third-order valence-electron chi connectivity index (χ3n) is 8.14. The van der Waals surface area contributed by atoms with Gasteiger partial charge in [-0.3, -0.25) is 9.59 Å². The van der Waals surface area contributed by atoms with Crippen molar-refractivity contribution in [2.45, 2.75) is 62.3 Å². The molecule has 2 aromatic rings. The van der Waals surface area contributed by atoms with Crippen LogP contribution in [0.5, 0.6) is 11.5 Å². The van der Waals surface area contributed by atoms with Gasteiger partial charge in [-0.2, -0.15) is 0 Å². The maximum Gasteiger partial charge on any atom is 0.253 e. The van der Waals surface area contributed by atoms with Crippen molar-refractivity contribution >= 4 is 11.8 Å². The van der Waals surface area contributed by atoms with Gasteiger partial charge in [0.25, 0.3) is 5.91 Å². The second-order valence-corrected chi connectivity index (χ2v) is 10.0. The molecule has 2 amide bonds. The lowest BCUT2D eigenvalue weighted by molar-refractivity contribution is -0.122. The number of likely N-dealkylation sites (tertiary alicyclic amines) is 1. The Balaban J connectivity index is 1.15. The summed E-state index contributed by atoms with van der Waals surface area (Å²) in [5.74, 6) is 1.83. The minimum atomic E-state index is 0.0471. The molecule has 0 aromatic heterocycles. The topological polar surface area (TPSA) is 67.9 Å². The maximum absolute atomic E-state index is 13.2. The number of carbonyl (C=O) groups is 2. The average molecular weight is 447 g/mol. The fourth-order valence-corrected chi connectivity index (χ4v) is 6.10. The largest absolute Gasteiger partial charge is 0.454 e. The Kier molecular flexibility index (Phi) is 5.04. The number of ether oxygens (including phenoxy) is 2. The van der Waals surface area contributed by atoms with E-state index in [0.29, 0.717) is 29.5 Å². The molecule has 6 nitrogen and oxygen atoms in total. The zero-order valence-electron chi connectivity index (χ0n) is 18.8. The summed E-state index contributed by atoms with van der Waals surface area (Å²) in [4.78, 5) is 27.8. The number of nitrogens with zero attached hydrogens (tertiary/aromatic N) is 1. The number of hydrogen-bond acceptors (Lipinski definition) is 4. The highest BCUT2D eigenvalue weighted by Gasteiger charge is 2.46. The van der Waals surface area contributed by atoms with E-state index in [2.05, 4.69) is 29.6 Å². The van der Waals surface area contributed by atoms with E-state index in [4.69, 9.17) is 9.47 Å². The van der Waals surface area contributed by atoms with E-state index in [9.17, 15) is 9.59 Å². The summed E-state index contributed by atoms with van der Waals surface area (Å²) >= 11 is 0. The van der Waals surface area contributed by atoms with Gasteiger partial charge in [-0.1, -0.05) is 24.3 Å². The summed E-state index contributed by atoms with van der Waals surface area (Å²) in [5, 5.41) is 3.21. The van der Waals surface area contributed by atoms with Gasteiger partial charge in [-0.15, -0.1) is 0 Å². The fourth-order valence-electron chi connectivity index (χ4n) is 6.10. The number of nitrogens with one attached hydrogen (secondary N) is 1. The van der Waals surface area contributed by atoms with Crippen LogP contribution in [0.15, 0.2) is 42.5 Å². The highest BCUT2D eigenvalue weighted by atomic mass is 16.7. The monoisotopic (exact) mass is 446 g/mol. The van der Waals surface area contributed by atoms with Gasteiger partial charge >= 0.3 is 0 Å². The Morgan fingerprint density at radius 2 is 1.82 bits per heavy atom. The molecule has 4 aliphatic rings. The molecular weight excluding hydrogens is 416 g/mol. The van der Waals surface area contributed by atoms with Gasteiger partial charge in [0.1, 0.15) is 0 Å². The lowest BCUT2D eigenvalue weighted by Gasteiger charge is -2.40. The SMILES string of the molecule is O=C(C[C@@H]1CC2(CCN(C(=O)c3ccc4c(c3)OCO4)CC2)c2ccccc21)NC1CCC1. The van der Waals surface area contributed by atoms with Crippen LogP contribution >= 0.6 is 0 Å². The molecule has 6 rings (SSSR count). The van der Waals surface area contributed by atoms with Crippen molar-refractivity contribution in [2.75, 3.05) is 19.9 Å². The van der Waals surface area contributed by atoms with Crippen molar-refractivity contribution < 1.29 is 19.1 Å². The lowest BCUT2D eigenvalue weighted by atomic mass is 9.73. The molecule has 6 heteroatoms. The highest BCUT2D eigenvalue weighted by molar-refractivity contribution is 5.95. The van der Waals surface area contributed by atoms with Crippen molar-refractivity contribution in [3.8, 4) is 11.5 Å². The molecule has 2 aliphatic carbocycles. The zero-order valence-corrected chi connectivity index (χ0v) is 18.8. The standard InChI is InChI=1S/C27H30N2O4/c30-25(28-20-4-3-5-20)15-19-16-27(22-7-2-1-6-21(19)22)10-12-29(13-11-27)26(31)18-8-9-23-24(14-18)33-17-32-23/h1-2,6-9,14,19-20H,3-5,10-13,15-17H2,(H,28,30)/t19-/m1/s1. The Hall–Kier alpha value is -3.02. The normalized spacial score (nSPS) is 22.7. The van der Waals surface area contributed by atoms with Gasteiger partial charge in [0.15, 0.2) is 11.5 Å². The minimum Gasteiger partial charge on any atom is -0.454 e. The van der Waals surface area contributed by atoms with Crippen molar-refractivity contribution in [1.82, 2.24) is 10.2 Å². The zero-order chi connectivity index (χ0) is 22.4. The molecule has 0 unspecified atom stereocenters. The molecule has 2 fully saturated rings. The summed E-state index contributed by atoms with van der Waals surface area (Å²) in [6, 6.07) is 14.5. The number of rotatable bonds is 4. The van der Waals surface area contributed by atoms with Gasteiger partial charge in [0.2, 0.25) is 12.7 Å². The van der Waals surface area contributed by atoms with Crippen LogP contribution in [0.25, 0.3) is 0 Å². The third kappa shape index (κ3) is 3.65. The van der Waals surface area contributed by atoms with Crippen molar-refractivity contribution in [3.05, 3.63) is 59.2 Å². The van der Waals surface area contributed by atoms with E-state index in [0.717, 1.165) is 45.2 Å². The predicted octanol–water partition coefficient (Wildman–Crippen LogP) is 4.14. The molecule has 33 heavy (non-hydrogen) atoms. The van der Waals surface area contributed by atoms with Crippen LogP contribution in [-0.4, -0.2) is 42.6 Å². The number of fused-ring (bicyclic) bond motifs is 3. The summed E-state index contributed by atoms with van der Waals surface area (Å²) in [6.07, 6.45) is 6.88. The van der Waals surface area contributed by atoms with Gasteiger partial charge < -0.3 is 19.7 Å². The maximum atomic E-state index is 13.2. The van der Waals surface area contributed by atoms with Crippen molar-refractivity contribution in [1.29, 1.82) is 0 Å². The summed E-state index contributed by atoms with van der Waals surface area (Å²) in [6.45, 7) is 1.66. The van der Waals surface area contributed by atoms with Crippen molar-refractivity contribution in [3.63, 3.8) is 0 Å². The van der Waals surface area contributed by atoms with E-state index in [-0.39, 0.29) is 29.9 Å². The highest BCUT2D eigenvalue weighted by Crippen LogP contribution is 2.52. The van der Waals surface area contributed by atoms with E-state index in [1.54, 1.807) is 6.07 Å². The smallest absolute Gasteiger partial charge is 0.253 e. The second kappa shape index (κ2) is 8.08. The molecule has 1 atom stereocenters. The average Bonchev–Trinajstić information content (AvgIpc) is 3.39. The minimum absolute atomic E-state index is 0.0471. The summed E-state index contributed by atoms with van der Waals surface area (Å²) in [5.41, 5.74) is 3.43. The van der Waals surface area contributed by atoms with Crippen molar-refractivity contribution in [2.24, 2.45) is 0 Å². The first-order chi connectivity index (χ1) is 16.1. The lowest BCUT2D eigenvalue weighted by Crippen LogP contribution is -2.44. The van der Waals surface area contributed by atoms with Crippen LogP contribution in [0.2, 0.25) is 0 Å². The number of carbonyl (C=O) groups excluding carboxylic acids is 2. The number of hydrogen-bond donors (Lipinski definition) is 1. The fraction of sp³-hybridized carbons (Fsp3) is 0.481. The number of benzene rings is 2. The first kappa shape index (κ1) is 20.6. The summed E-state index contributed by atoms with van der Waals surface area (Å²) < 4.78 is 10.8. The molecule has 1 N–H and O–H groups in total. The van der Waals surface area contributed by atoms with Crippen LogP contribution in [0.1, 0.15) is 72.3 Å². The molecule has 2 heterocycles. The molecule has 2 aromatic carbocycles. The molecule has 172 valence electrons. The molecule has 0 radical (unpaired) electrons. The van der Waals surface area contributed by atoms with Crippen LogP contribution < -0.4 is 14.8 Å². The van der Waals surface area contributed by atoms with Crippen LogP contribution in [-0.2, 0) is 10.2 Å².